The van der Waals surface area contributed by atoms with Gasteiger partial charge in [0.15, 0.2) is 0 Å². The molecule has 0 amide bonds. The van der Waals surface area contributed by atoms with Crippen molar-refractivity contribution >= 4 is 40.2 Å². The molecule has 0 atom stereocenters. The van der Waals surface area contributed by atoms with Crippen molar-refractivity contribution < 1.29 is 4.74 Å². The summed E-state index contributed by atoms with van der Waals surface area (Å²) in [5, 5.41) is 2.53. The molecule has 2 aliphatic heterocycles. The van der Waals surface area contributed by atoms with E-state index in [9.17, 15) is 0 Å². The van der Waals surface area contributed by atoms with Crippen LogP contribution in [0.5, 0.6) is 11.5 Å². The number of benzene rings is 4. The first-order valence-electron chi connectivity index (χ1n) is 11.2. The zero-order valence-electron chi connectivity index (χ0n) is 18.3. The van der Waals surface area contributed by atoms with E-state index in [2.05, 4.69) is 105 Å². The Labute approximate surface area is 193 Å². The maximum absolute atomic E-state index is 6.53. The molecular formula is C29H23BOS. The van der Waals surface area contributed by atoms with Crippen LogP contribution in [0.25, 0.3) is 21.9 Å². The zero-order chi connectivity index (χ0) is 21.7. The van der Waals surface area contributed by atoms with Gasteiger partial charge >= 0.3 is 0 Å². The second-order valence-corrected chi connectivity index (χ2v) is 9.45. The molecular weight excluding hydrogens is 407 g/mol. The van der Waals surface area contributed by atoms with Crippen LogP contribution in [0.15, 0.2) is 106 Å². The van der Waals surface area contributed by atoms with Crippen LogP contribution in [0.1, 0.15) is 20.3 Å². The van der Waals surface area contributed by atoms with Gasteiger partial charge in [-0.3, -0.25) is 0 Å². The SMILES string of the molecule is C/C=C\C1=C(CC)Sc2cccc3c2B1c1ccc(-c2cccc4ccccc24)cc1O3. The molecule has 0 saturated carbocycles. The largest absolute Gasteiger partial charge is 0.458 e. The standard InChI is InChI=1S/C29H23BOS/c1-3-9-24-27(4-2)32-28-15-8-14-25-29(28)30(24)23-17-16-20(18-26(23)31-25)22-13-7-11-19-10-5-6-12-21(19)22/h3,5-18H,4H2,1-2H3/b9-3-. The van der Waals surface area contributed by atoms with Crippen molar-refractivity contribution in [3.05, 3.63) is 101 Å². The highest BCUT2D eigenvalue weighted by Crippen LogP contribution is 2.42. The molecule has 4 aromatic carbocycles. The van der Waals surface area contributed by atoms with Gasteiger partial charge in [-0.25, -0.2) is 0 Å². The zero-order valence-corrected chi connectivity index (χ0v) is 19.1. The molecule has 1 nitrogen and oxygen atoms in total. The van der Waals surface area contributed by atoms with Gasteiger partial charge in [0, 0.05) is 4.90 Å². The van der Waals surface area contributed by atoms with Gasteiger partial charge in [-0.2, -0.15) is 0 Å². The van der Waals surface area contributed by atoms with Crippen molar-refractivity contribution in [3.8, 4) is 22.6 Å². The summed E-state index contributed by atoms with van der Waals surface area (Å²) in [6.07, 6.45) is 5.50. The molecule has 0 radical (unpaired) electrons. The summed E-state index contributed by atoms with van der Waals surface area (Å²) >= 11 is 1.90. The van der Waals surface area contributed by atoms with Crippen LogP contribution in [0.2, 0.25) is 0 Å². The van der Waals surface area contributed by atoms with E-state index in [1.54, 1.807) is 0 Å². The molecule has 154 valence electrons. The maximum atomic E-state index is 6.53. The molecule has 4 aromatic rings. The maximum Gasteiger partial charge on any atom is 0.253 e. The smallest absolute Gasteiger partial charge is 0.253 e. The predicted octanol–water partition coefficient (Wildman–Crippen LogP) is 7.11. The van der Waals surface area contributed by atoms with Crippen LogP contribution in [0.3, 0.4) is 0 Å². The summed E-state index contributed by atoms with van der Waals surface area (Å²) in [6.45, 7) is 4.58. The van der Waals surface area contributed by atoms with Crippen LogP contribution in [-0.2, 0) is 0 Å². The second-order valence-electron chi connectivity index (χ2n) is 8.32. The van der Waals surface area contributed by atoms with Crippen molar-refractivity contribution in [1.82, 2.24) is 0 Å². The van der Waals surface area contributed by atoms with E-state index >= 15 is 0 Å². The molecule has 0 aromatic heterocycles. The van der Waals surface area contributed by atoms with Gasteiger partial charge in [0.2, 0.25) is 0 Å². The number of ether oxygens (including phenoxy) is 1. The third kappa shape index (κ3) is 2.96. The highest BCUT2D eigenvalue weighted by molar-refractivity contribution is 8.03. The Kier molecular flexibility index (Phi) is 4.73. The lowest BCUT2D eigenvalue weighted by molar-refractivity contribution is 0.486. The van der Waals surface area contributed by atoms with Gasteiger partial charge in [0.05, 0.1) is 0 Å². The van der Waals surface area contributed by atoms with Crippen molar-refractivity contribution in [2.45, 2.75) is 25.2 Å². The molecule has 0 spiro atoms. The number of hydrogen-bond acceptors (Lipinski definition) is 2. The number of rotatable bonds is 3. The topological polar surface area (TPSA) is 9.23 Å². The number of thioether (sulfide) groups is 1. The van der Waals surface area contributed by atoms with Crippen molar-refractivity contribution in [2.75, 3.05) is 0 Å². The molecule has 0 unspecified atom stereocenters. The molecule has 2 aliphatic rings. The lowest BCUT2D eigenvalue weighted by Crippen LogP contribution is -2.50. The fraction of sp³-hybridized carbons (Fsp3) is 0.103. The summed E-state index contributed by atoms with van der Waals surface area (Å²) < 4.78 is 6.53. The Morgan fingerprint density at radius 2 is 1.75 bits per heavy atom. The number of hydrogen-bond donors (Lipinski definition) is 0. The van der Waals surface area contributed by atoms with Gasteiger partial charge in [0.1, 0.15) is 11.5 Å². The van der Waals surface area contributed by atoms with Crippen molar-refractivity contribution in [1.29, 1.82) is 0 Å². The number of allylic oxidation sites excluding steroid dienone is 4. The molecule has 2 heterocycles. The molecule has 6 rings (SSSR count). The van der Waals surface area contributed by atoms with E-state index < -0.39 is 0 Å². The molecule has 0 N–H and O–H groups in total. The van der Waals surface area contributed by atoms with Crippen LogP contribution >= 0.6 is 11.8 Å². The van der Waals surface area contributed by atoms with Gasteiger partial charge in [-0.15, -0.1) is 0 Å². The summed E-state index contributed by atoms with van der Waals surface area (Å²) in [4.78, 5) is 2.77. The Hall–Kier alpha value is -3.17. The van der Waals surface area contributed by atoms with E-state index in [1.165, 1.54) is 48.1 Å². The molecule has 32 heavy (non-hydrogen) atoms. The second kappa shape index (κ2) is 7.76. The van der Waals surface area contributed by atoms with E-state index in [1.807, 2.05) is 11.8 Å². The fourth-order valence-corrected chi connectivity index (χ4v) is 6.28. The van der Waals surface area contributed by atoms with E-state index in [4.69, 9.17) is 4.74 Å². The van der Waals surface area contributed by atoms with Gasteiger partial charge in [0.25, 0.3) is 6.71 Å². The average molecular weight is 430 g/mol. The Morgan fingerprint density at radius 1 is 0.906 bits per heavy atom. The van der Waals surface area contributed by atoms with Crippen LogP contribution < -0.4 is 15.7 Å². The monoisotopic (exact) mass is 430 g/mol. The van der Waals surface area contributed by atoms with Crippen LogP contribution in [-0.4, -0.2) is 6.71 Å². The average Bonchev–Trinajstić information content (AvgIpc) is 2.84. The predicted molar refractivity (Wildman–Crippen MR) is 139 cm³/mol. The van der Waals surface area contributed by atoms with Crippen molar-refractivity contribution in [2.24, 2.45) is 0 Å². The summed E-state index contributed by atoms with van der Waals surface area (Å²) in [5.41, 5.74) is 6.41. The molecule has 0 bridgehead atoms. The Balaban J connectivity index is 1.56. The Bertz CT molecular complexity index is 1430. The highest BCUT2D eigenvalue weighted by atomic mass is 32.2. The molecule has 0 saturated heterocycles. The molecule has 3 heteroatoms. The number of fused-ring (bicyclic) bond motifs is 3. The van der Waals surface area contributed by atoms with Crippen LogP contribution in [0, 0.1) is 0 Å². The van der Waals surface area contributed by atoms with E-state index in [-0.39, 0.29) is 6.71 Å². The van der Waals surface area contributed by atoms with Crippen molar-refractivity contribution in [3.63, 3.8) is 0 Å². The van der Waals surface area contributed by atoms with E-state index in [0.717, 1.165) is 17.9 Å². The minimum atomic E-state index is 0.221. The summed E-state index contributed by atoms with van der Waals surface area (Å²) in [6, 6.07) is 28.3. The first-order chi connectivity index (χ1) is 15.8. The lowest BCUT2D eigenvalue weighted by Gasteiger charge is -2.33. The van der Waals surface area contributed by atoms with Gasteiger partial charge < -0.3 is 4.74 Å². The molecule has 0 fully saturated rings. The van der Waals surface area contributed by atoms with Crippen LogP contribution in [0.4, 0.5) is 0 Å². The summed E-state index contributed by atoms with van der Waals surface area (Å²) in [7, 11) is 0. The minimum Gasteiger partial charge on any atom is -0.458 e. The van der Waals surface area contributed by atoms with Gasteiger partial charge in [-0.1, -0.05) is 97.0 Å². The van der Waals surface area contributed by atoms with Gasteiger partial charge in [-0.05, 0) is 69.3 Å². The third-order valence-corrected chi connectivity index (χ3v) is 7.84. The highest BCUT2D eigenvalue weighted by Gasteiger charge is 2.39. The fourth-order valence-electron chi connectivity index (χ4n) is 5.09. The quantitative estimate of drug-likeness (QED) is 0.321. The third-order valence-electron chi connectivity index (χ3n) is 6.49. The Morgan fingerprint density at radius 3 is 2.62 bits per heavy atom. The lowest BCUT2D eigenvalue weighted by atomic mass is 9.35. The summed E-state index contributed by atoms with van der Waals surface area (Å²) in [5.74, 6) is 1.95. The van der Waals surface area contributed by atoms with E-state index in [0.29, 0.717) is 0 Å². The first kappa shape index (κ1) is 19.5. The minimum absolute atomic E-state index is 0.221. The molecule has 0 aliphatic carbocycles. The normalized spacial score (nSPS) is 14.5. The first-order valence-corrected chi connectivity index (χ1v) is 12.1.